The second-order valence-corrected chi connectivity index (χ2v) is 6.21. The summed E-state index contributed by atoms with van der Waals surface area (Å²) in [6, 6.07) is 1.50. The van der Waals surface area contributed by atoms with Crippen molar-refractivity contribution in [3.8, 4) is 0 Å². The quantitative estimate of drug-likeness (QED) is 0.687. The first-order valence-electron chi connectivity index (χ1n) is 7.53. The second kappa shape index (κ2) is 8.10. The normalized spacial score (nSPS) is 25.8. The molecule has 17 heavy (non-hydrogen) atoms. The fraction of sp³-hybridized carbons (Fsp3) is 1.00. The van der Waals surface area contributed by atoms with E-state index in [1.165, 1.54) is 51.6 Å². The van der Waals surface area contributed by atoms with Crippen molar-refractivity contribution in [1.29, 1.82) is 0 Å². The molecule has 0 atom stereocenters. The van der Waals surface area contributed by atoms with Crippen molar-refractivity contribution in [3.05, 3.63) is 0 Å². The molecule has 0 unspecified atom stereocenters. The van der Waals surface area contributed by atoms with Gasteiger partial charge >= 0.3 is 0 Å². The second-order valence-electron chi connectivity index (χ2n) is 6.21. The molecule has 1 N–H and O–H groups in total. The van der Waals surface area contributed by atoms with Crippen molar-refractivity contribution in [1.82, 2.24) is 10.2 Å². The maximum Gasteiger partial charge on any atom is 0.00924 e. The fourth-order valence-corrected chi connectivity index (χ4v) is 2.74. The van der Waals surface area contributed by atoms with Crippen LogP contribution in [0.15, 0.2) is 0 Å². The van der Waals surface area contributed by atoms with Gasteiger partial charge in [-0.3, -0.25) is 0 Å². The lowest BCUT2D eigenvalue weighted by atomic mass is 9.87. The summed E-state index contributed by atoms with van der Waals surface area (Å²) in [4.78, 5) is 2.60. The molecule has 102 valence electrons. The number of hydrogen-bond donors (Lipinski definition) is 1. The average Bonchev–Trinajstić information content (AvgIpc) is 2.29. The van der Waals surface area contributed by atoms with Crippen LogP contribution >= 0.6 is 0 Å². The van der Waals surface area contributed by atoms with Gasteiger partial charge in [-0.25, -0.2) is 0 Å². The third-order valence-electron chi connectivity index (χ3n) is 4.10. The molecule has 0 spiro atoms. The van der Waals surface area contributed by atoms with Crippen molar-refractivity contribution in [2.75, 3.05) is 20.1 Å². The fourth-order valence-electron chi connectivity index (χ4n) is 2.74. The Morgan fingerprint density at radius 3 is 2.35 bits per heavy atom. The van der Waals surface area contributed by atoms with Crippen molar-refractivity contribution in [2.45, 2.75) is 71.4 Å². The molecular formula is C15H32N2. The predicted octanol–water partition coefficient (Wildman–Crippen LogP) is 3.28. The molecule has 1 aliphatic rings. The lowest BCUT2D eigenvalue weighted by Gasteiger charge is -2.33. The van der Waals surface area contributed by atoms with E-state index in [-0.39, 0.29) is 0 Å². The number of nitrogens with zero attached hydrogens (tertiary/aromatic N) is 1. The molecule has 0 radical (unpaired) electrons. The number of nitrogens with one attached hydrogen (secondary N) is 1. The van der Waals surface area contributed by atoms with Gasteiger partial charge in [-0.2, -0.15) is 0 Å². The summed E-state index contributed by atoms with van der Waals surface area (Å²) in [6.45, 7) is 9.28. The Hall–Kier alpha value is -0.0800. The van der Waals surface area contributed by atoms with E-state index in [0.29, 0.717) is 6.04 Å². The third-order valence-corrected chi connectivity index (χ3v) is 4.10. The SMILES string of the molecule is CC1CCC(N(C)CCCCNC(C)C)CC1. The Balaban J connectivity index is 2.02. The molecule has 1 saturated carbocycles. The Morgan fingerprint density at radius 2 is 1.76 bits per heavy atom. The molecule has 0 heterocycles. The molecule has 1 fully saturated rings. The molecule has 0 aromatic rings. The van der Waals surface area contributed by atoms with E-state index in [0.717, 1.165) is 12.0 Å². The maximum atomic E-state index is 3.49. The lowest BCUT2D eigenvalue weighted by Crippen LogP contribution is -2.35. The minimum atomic E-state index is 0.632. The minimum Gasteiger partial charge on any atom is -0.315 e. The van der Waals surface area contributed by atoms with Crippen molar-refractivity contribution < 1.29 is 0 Å². The molecule has 1 aliphatic carbocycles. The van der Waals surface area contributed by atoms with Crippen LogP contribution in [-0.4, -0.2) is 37.1 Å². The molecule has 0 saturated heterocycles. The van der Waals surface area contributed by atoms with E-state index < -0.39 is 0 Å². The number of unbranched alkanes of at least 4 members (excludes halogenated alkanes) is 1. The van der Waals surface area contributed by atoms with E-state index in [1.807, 2.05) is 0 Å². The molecule has 2 nitrogen and oxygen atoms in total. The van der Waals surface area contributed by atoms with Crippen molar-refractivity contribution >= 4 is 0 Å². The Bertz CT molecular complexity index is 183. The van der Waals surface area contributed by atoms with E-state index in [4.69, 9.17) is 0 Å². The summed E-state index contributed by atoms with van der Waals surface area (Å²) in [5.41, 5.74) is 0. The van der Waals surface area contributed by atoms with Gasteiger partial charge in [0.05, 0.1) is 0 Å². The van der Waals surface area contributed by atoms with Crippen LogP contribution in [0.2, 0.25) is 0 Å². The van der Waals surface area contributed by atoms with Gasteiger partial charge < -0.3 is 10.2 Å². The smallest absolute Gasteiger partial charge is 0.00924 e. The topological polar surface area (TPSA) is 15.3 Å². The van der Waals surface area contributed by atoms with Crippen molar-refractivity contribution in [2.24, 2.45) is 5.92 Å². The maximum absolute atomic E-state index is 3.49. The van der Waals surface area contributed by atoms with Gasteiger partial charge in [0, 0.05) is 12.1 Å². The van der Waals surface area contributed by atoms with Gasteiger partial charge in [0.1, 0.15) is 0 Å². The van der Waals surface area contributed by atoms with Crippen LogP contribution in [0.3, 0.4) is 0 Å². The Kier molecular flexibility index (Phi) is 7.14. The highest BCUT2D eigenvalue weighted by atomic mass is 15.1. The Labute approximate surface area is 108 Å². The van der Waals surface area contributed by atoms with Gasteiger partial charge in [-0.15, -0.1) is 0 Å². The highest BCUT2D eigenvalue weighted by Gasteiger charge is 2.20. The summed E-state index contributed by atoms with van der Waals surface area (Å²) in [6.07, 6.45) is 8.35. The van der Waals surface area contributed by atoms with Crippen LogP contribution in [0, 0.1) is 5.92 Å². The predicted molar refractivity (Wildman–Crippen MR) is 76.4 cm³/mol. The first-order valence-corrected chi connectivity index (χ1v) is 7.53. The largest absolute Gasteiger partial charge is 0.315 e. The summed E-state index contributed by atoms with van der Waals surface area (Å²) in [5, 5.41) is 3.49. The molecule has 1 rings (SSSR count). The van der Waals surface area contributed by atoms with Crippen LogP contribution in [0.4, 0.5) is 0 Å². The number of rotatable bonds is 7. The zero-order chi connectivity index (χ0) is 12.7. The Morgan fingerprint density at radius 1 is 1.12 bits per heavy atom. The molecular weight excluding hydrogens is 208 g/mol. The summed E-state index contributed by atoms with van der Waals surface area (Å²) < 4.78 is 0. The lowest BCUT2D eigenvalue weighted by molar-refractivity contribution is 0.168. The number of hydrogen-bond acceptors (Lipinski definition) is 2. The summed E-state index contributed by atoms with van der Waals surface area (Å²) in [5.74, 6) is 0.967. The van der Waals surface area contributed by atoms with Gasteiger partial charge in [0.2, 0.25) is 0 Å². The first-order chi connectivity index (χ1) is 8.09. The van der Waals surface area contributed by atoms with Crippen LogP contribution in [0.5, 0.6) is 0 Å². The first kappa shape index (κ1) is 15.0. The monoisotopic (exact) mass is 240 g/mol. The van der Waals surface area contributed by atoms with E-state index >= 15 is 0 Å². The van der Waals surface area contributed by atoms with Crippen LogP contribution in [-0.2, 0) is 0 Å². The van der Waals surface area contributed by atoms with E-state index in [9.17, 15) is 0 Å². The van der Waals surface area contributed by atoms with Crippen LogP contribution < -0.4 is 5.32 Å². The van der Waals surface area contributed by atoms with Crippen LogP contribution in [0.1, 0.15) is 59.3 Å². The van der Waals surface area contributed by atoms with E-state index in [2.05, 4.69) is 38.0 Å². The summed E-state index contributed by atoms with van der Waals surface area (Å²) in [7, 11) is 2.32. The standard InChI is InChI=1S/C15H32N2/c1-13(2)16-11-5-6-12-17(4)15-9-7-14(3)8-10-15/h13-16H,5-12H2,1-4H3. The van der Waals surface area contributed by atoms with Gasteiger partial charge in [-0.1, -0.05) is 20.8 Å². The zero-order valence-corrected chi connectivity index (χ0v) is 12.3. The highest BCUT2D eigenvalue weighted by Crippen LogP contribution is 2.26. The molecule has 0 aromatic carbocycles. The van der Waals surface area contributed by atoms with Crippen molar-refractivity contribution in [3.63, 3.8) is 0 Å². The molecule has 0 aromatic heterocycles. The molecule has 0 aliphatic heterocycles. The average molecular weight is 240 g/mol. The highest BCUT2D eigenvalue weighted by molar-refractivity contribution is 4.76. The van der Waals surface area contributed by atoms with Crippen LogP contribution in [0.25, 0.3) is 0 Å². The third kappa shape index (κ3) is 6.42. The zero-order valence-electron chi connectivity index (χ0n) is 12.3. The molecule has 0 bridgehead atoms. The van der Waals surface area contributed by atoms with Gasteiger partial charge in [0.15, 0.2) is 0 Å². The van der Waals surface area contributed by atoms with Gasteiger partial charge in [-0.05, 0) is 64.6 Å². The minimum absolute atomic E-state index is 0.632. The van der Waals surface area contributed by atoms with Gasteiger partial charge in [0.25, 0.3) is 0 Å². The molecule has 2 heteroatoms. The molecule has 0 amide bonds. The summed E-state index contributed by atoms with van der Waals surface area (Å²) >= 11 is 0. The van der Waals surface area contributed by atoms with E-state index in [1.54, 1.807) is 0 Å².